The third-order valence-corrected chi connectivity index (χ3v) is 6.19. The molecule has 0 aliphatic heterocycles. The number of aromatic nitrogens is 3. The summed E-state index contributed by atoms with van der Waals surface area (Å²) in [4.78, 5) is 13.7. The molecule has 3 heterocycles. The minimum atomic E-state index is -1.02. The number of aryl methyl sites for hydroxylation is 2. The summed E-state index contributed by atoms with van der Waals surface area (Å²) >= 11 is 0. The van der Waals surface area contributed by atoms with Crippen molar-refractivity contribution in [2.24, 2.45) is 11.8 Å². The Bertz CT molecular complexity index is 1120. The van der Waals surface area contributed by atoms with Gasteiger partial charge in [-0.1, -0.05) is 20.8 Å². The van der Waals surface area contributed by atoms with Gasteiger partial charge in [0.15, 0.2) is 5.58 Å². The first-order valence-corrected chi connectivity index (χ1v) is 11.6. The van der Waals surface area contributed by atoms with Crippen molar-refractivity contribution >= 4 is 22.7 Å². The second-order valence-electron chi connectivity index (χ2n) is 9.22. The molecule has 4 atom stereocenters. The predicted molar refractivity (Wildman–Crippen MR) is 127 cm³/mol. The Morgan fingerprint density at radius 3 is 2.64 bits per heavy atom. The molecule has 1 aliphatic carbocycles. The van der Waals surface area contributed by atoms with Crippen LogP contribution in [0.1, 0.15) is 38.6 Å². The van der Waals surface area contributed by atoms with Crippen molar-refractivity contribution < 1.29 is 19.7 Å². The van der Waals surface area contributed by atoms with Crippen LogP contribution in [0, 0.1) is 18.8 Å². The van der Waals surface area contributed by atoms with Gasteiger partial charge in [-0.2, -0.15) is 4.98 Å². The minimum absolute atomic E-state index is 0.191. The number of rotatable bonds is 8. The number of aliphatic hydroxyl groups is 3. The summed E-state index contributed by atoms with van der Waals surface area (Å²) < 4.78 is 6.11. The molecule has 0 unspecified atom stereocenters. The summed E-state index contributed by atoms with van der Waals surface area (Å²) in [5.74, 6) is 1.60. The fourth-order valence-electron chi connectivity index (χ4n) is 4.28. The lowest BCUT2D eigenvalue weighted by Gasteiger charge is -2.21. The molecular formula is C24H33N5O4. The summed E-state index contributed by atoms with van der Waals surface area (Å²) in [7, 11) is 0. The quantitative estimate of drug-likeness (QED) is 0.347. The first-order valence-electron chi connectivity index (χ1n) is 11.6. The fourth-order valence-corrected chi connectivity index (χ4v) is 4.28. The van der Waals surface area contributed by atoms with Crippen molar-refractivity contribution in [3.05, 3.63) is 29.7 Å². The second-order valence-corrected chi connectivity index (χ2v) is 9.22. The van der Waals surface area contributed by atoms with E-state index in [9.17, 15) is 15.3 Å². The highest BCUT2D eigenvalue weighted by Gasteiger charge is 2.41. The van der Waals surface area contributed by atoms with Crippen LogP contribution < -0.4 is 10.6 Å². The Kier molecular flexibility index (Phi) is 6.83. The van der Waals surface area contributed by atoms with Gasteiger partial charge in [-0.25, -0.2) is 4.98 Å². The molecule has 178 valence electrons. The van der Waals surface area contributed by atoms with Gasteiger partial charge in [-0.3, -0.25) is 4.98 Å². The van der Waals surface area contributed by atoms with E-state index in [2.05, 4.69) is 41.4 Å². The third kappa shape index (κ3) is 4.80. The van der Waals surface area contributed by atoms with Gasteiger partial charge in [0.25, 0.3) is 0 Å². The number of hydrogen-bond acceptors (Lipinski definition) is 9. The molecule has 0 bridgehead atoms. The van der Waals surface area contributed by atoms with Crippen LogP contribution in [0.25, 0.3) is 22.3 Å². The van der Waals surface area contributed by atoms with E-state index in [0.717, 1.165) is 17.5 Å². The van der Waals surface area contributed by atoms with E-state index in [4.69, 9.17) is 9.40 Å². The Morgan fingerprint density at radius 2 is 1.97 bits per heavy atom. The van der Waals surface area contributed by atoms with E-state index in [1.165, 1.54) is 0 Å². The van der Waals surface area contributed by atoms with Gasteiger partial charge in [0.05, 0.1) is 29.6 Å². The molecule has 1 aliphatic rings. The van der Waals surface area contributed by atoms with E-state index in [1.807, 2.05) is 19.1 Å². The summed E-state index contributed by atoms with van der Waals surface area (Å²) in [5, 5.41) is 37.9. The molecule has 0 saturated heterocycles. The lowest BCUT2D eigenvalue weighted by atomic mass is 10.1. The Labute approximate surface area is 193 Å². The van der Waals surface area contributed by atoms with Crippen LogP contribution in [0.4, 0.5) is 11.8 Å². The van der Waals surface area contributed by atoms with Crippen molar-refractivity contribution in [2.45, 2.75) is 58.8 Å². The number of nitrogens with one attached hydrogen (secondary N) is 2. The molecular weight excluding hydrogens is 422 g/mol. The number of hydrogen-bond donors (Lipinski definition) is 5. The smallest absolute Gasteiger partial charge is 0.224 e. The van der Waals surface area contributed by atoms with Crippen molar-refractivity contribution in [3.63, 3.8) is 0 Å². The van der Waals surface area contributed by atoms with Crippen molar-refractivity contribution in [1.29, 1.82) is 0 Å². The van der Waals surface area contributed by atoms with Crippen LogP contribution in [-0.2, 0) is 6.42 Å². The largest absolute Gasteiger partial charge is 0.454 e. The molecule has 9 heteroatoms. The van der Waals surface area contributed by atoms with Gasteiger partial charge in [0, 0.05) is 30.1 Å². The van der Waals surface area contributed by atoms with Crippen LogP contribution in [0.3, 0.4) is 0 Å². The monoisotopic (exact) mass is 455 g/mol. The van der Waals surface area contributed by atoms with Gasteiger partial charge < -0.3 is 30.4 Å². The van der Waals surface area contributed by atoms with Crippen molar-refractivity contribution in [3.8, 4) is 11.3 Å². The number of furan rings is 1. The molecule has 1 saturated carbocycles. The summed E-state index contributed by atoms with van der Waals surface area (Å²) in [6.45, 7) is 8.67. The van der Waals surface area contributed by atoms with Gasteiger partial charge >= 0.3 is 0 Å². The zero-order valence-electron chi connectivity index (χ0n) is 19.5. The average molecular weight is 456 g/mol. The van der Waals surface area contributed by atoms with Gasteiger partial charge in [0.1, 0.15) is 17.7 Å². The zero-order valence-corrected chi connectivity index (χ0v) is 19.5. The number of anilines is 2. The van der Waals surface area contributed by atoms with Gasteiger partial charge in [0.2, 0.25) is 5.95 Å². The highest BCUT2D eigenvalue weighted by atomic mass is 16.3. The van der Waals surface area contributed by atoms with E-state index in [-0.39, 0.29) is 6.61 Å². The summed E-state index contributed by atoms with van der Waals surface area (Å²) in [6, 6.07) is 3.48. The van der Waals surface area contributed by atoms with E-state index in [1.54, 1.807) is 6.20 Å². The first-order chi connectivity index (χ1) is 15.8. The lowest BCUT2D eigenvalue weighted by molar-refractivity contribution is 0.00446. The fraction of sp³-hybridized carbons (Fsp3) is 0.542. The summed E-state index contributed by atoms with van der Waals surface area (Å²) in [5.41, 5.74) is 3.06. The highest BCUT2D eigenvalue weighted by molar-refractivity contribution is 5.86. The third-order valence-electron chi connectivity index (χ3n) is 6.19. The molecule has 5 N–H and O–H groups in total. The summed E-state index contributed by atoms with van der Waals surface area (Å²) in [6.07, 6.45) is 0.948. The van der Waals surface area contributed by atoms with Crippen LogP contribution in [-0.4, -0.2) is 61.7 Å². The topological polar surface area (TPSA) is 137 Å². The normalized spacial score (nSPS) is 22.9. The predicted octanol–water partition coefficient (Wildman–Crippen LogP) is 2.74. The average Bonchev–Trinajstić information content (AvgIpc) is 3.32. The maximum Gasteiger partial charge on any atom is 0.224 e. The number of fused-ring (bicyclic) bond motifs is 1. The Balaban J connectivity index is 1.75. The van der Waals surface area contributed by atoms with Gasteiger partial charge in [-0.05, 0) is 37.8 Å². The van der Waals surface area contributed by atoms with Crippen molar-refractivity contribution in [1.82, 2.24) is 15.0 Å². The molecule has 4 rings (SSSR count). The molecule has 9 nitrogen and oxygen atoms in total. The Morgan fingerprint density at radius 1 is 1.18 bits per heavy atom. The molecule has 0 spiro atoms. The second kappa shape index (κ2) is 9.62. The Hall–Kier alpha value is -2.75. The molecule has 0 aromatic carbocycles. The minimum Gasteiger partial charge on any atom is -0.454 e. The van der Waals surface area contributed by atoms with Crippen molar-refractivity contribution in [2.75, 3.05) is 23.8 Å². The van der Waals surface area contributed by atoms with Crippen LogP contribution >= 0.6 is 0 Å². The molecule has 0 amide bonds. The zero-order chi connectivity index (χ0) is 23.7. The van der Waals surface area contributed by atoms with Crippen LogP contribution in [0.5, 0.6) is 0 Å². The first kappa shape index (κ1) is 23.4. The maximum absolute atomic E-state index is 10.6. The standard InChI is InChI=1S/C24H33N5O4/c1-5-16-6-14-8-18(33-19(14)10-25-16)20-13(4)27-24(26-9-12(2)3)29-23(20)28-17-7-15(11-30)21(31)22(17)32/h6,8,10,12,15,17,21-22,30-32H,5,7,9,11H2,1-4H3,(H2,26,27,28,29)/t15-,17-,21-,22+/m1/s1. The number of pyridine rings is 1. The molecule has 3 aromatic heterocycles. The van der Waals surface area contributed by atoms with E-state index in [0.29, 0.717) is 53.3 Å². The molecule has 33 heavy (non-hydrogen) atoms. The lowest BCUT2D eigenvalue weighted by Crippen LogP contribution is -2.35. The maximum atomic E-state index is 10.6. The molecule has 0 radical (unpaired) electrons. The number of aliphatic hydroxyl groups excluding tert-OH is 3. The van der Waals surface area contributed by atoms with E-state index < -0.39 is 24.2 Å². The number of nitrogens with zero attached hydrogens (tertiary/aromatic N) is 3. The SMILES string of the molecule is CCc1cc2cc(-c3c(C)nc(NCC(C)C)nc3N[C@@H]3C[C@H](CO)[C@@H](O)[C@H]3O)oc2cn1. The van der Waals surface area contributed by atoms with Crippen LogP contribution in [0.2, 0.25) is 0 Å². The van der Waals surface area contributed by atoms with Crippen LogP contribution in [0.15, 0.2) is 22.7 Å². The van der Waals surface area contributed by atoms with E-state index >= 15 is 0 Å². The molecule has 1 fully saturated rings. The molecule has 3 aromatic rings. The highest BCUT2D eigenvalue weighted by Crippen LogP contribution is 2.37. The van der Waals surface area contributed by atoms with Gasteiger partial charge in [-0.15, -0.1) is 0 Å².